The number of aromatic nitrogens is 3. The van der Waals surface area contributed by atoms with Crippen LogP contribution in [-0.2, 0) is 0 Å². The molecule has 4 rings (SSSR count). The molecule has 0 fully saturated rings. The number of rotatable bonds is 4. The fourth-order valence-corrected chi connectivity index (χ4v) is 2.93. The number of benzene rings is 2. The van der Waals surface area contributed by atoms with E-state index in [0.29, 0.717) is 5.02 Å². The highest BCUT2D eigenvalue weighted by Crippen LogP contribution is 2.29. The quantitative estimate of drug-likeness (QED) is 0.469. The van der Waals surface area contributed by atoms with E-state index >= 15 is 0 Å². The maximum atomic E-state index is 6.10. The minimum absolute atomic E-state index is 0.657. The van der Waals surface area contributed by atoms with E-state index in [-0.39, 0.29) is 0 Å². The van der Waals surface area contributed by atoms with Crippen LogP contribution in [0.1, 0.15) is 5.56 Å². The molecule has 4 nitrogen and oxygen atoms in total. The average molecular weight is 362 g/mol. The van der Waals surface area contributed by atoms with Gasteiger partial charge in [-0.25, -0.2) is 4.98 Å². The lowest BCUT2D eigenvalue weighted by Crippen LogP contribution is -1.93. The van der Waals surface area contributed by atoms with E-state index in [9.17, 15) is 0 Å². The summed E-state index contributed by atoms with van der Waals surface area (Å²) in [5.74, 6) is 1.51. The number of nitrogens with zero attached hydrogens (tertiary/aromatic N) is 3. The molecule has 5 heteroatoms. The molecule has 0 aliphatic carbocycles. The highest BCUT2D eigenvalue weighted by atomic mass is 35.5. The largest absolute Gasteiger partial charge is 0.457 e. The predicted molar refractivity (Wildman–Crippen MR) is 103 cm³/mol. The number of ether oxygens (including phenoxy) is 1. The Labute approximate surface area is 156 Å². The Morgan fingerprint density at radius 2 is 1.88 bits per heavy atom. The van der Waals surface area contributed by atoms with E-state index in [1.54, 1.807) is 24.8 Å². The zero-order chi connectivity index (χ0) is 17.9. The van der Waals surface area contributed by atoms with Gasteiger partial charge in [0.05, 0.1) is 17.7 Å². The lowest BCUT2D eigenvalue weighted by atomic mass is 10.1. The van der Waals surface area contributed by atoms with Crippen molar-refractivity contribution in [2.75, 3.05) is 0 Å². The van der Waals surface area contributed by atoms with E-state index in [2.05, 4.69) is 16.0 Å². The van der Waals surface area contributed by atoms with Crippen LogP contribution in [0.4, 0.5) is 0 Å². The monoisotopic (exact) mass is 361 g/mol. The van der Waals surface area contributed by atoms with Crippen molar-refractivity contribution in [2.24, 2.45) is 0 Å². The Kier molecular flexibility index (Phi) is 4.42. The maximum absolute atomic E-state index is 6.10. The van der Waals surface area contributed by atoms with Crippen LogP contribution in [0.25, 0.3) is 16.9 Å². The molecule has 2 heterocycles. The van der Waals surface area contributed by atoms with Crippen LogP contribution >= 0.6 is 11.6 Å². The van der Waals surface area contributed by atoms with Crippen molar-refractivity contribution in [1.82, 2.24) is 14.5 Å². The topological polar surface area (TPSA) is 39.9 Å². The second kappa shape index (κ2) is 7.02. The normalized spacial score (nSPS) is 10.7. The molecule has 0 spiro atoms. The van der Waals surface area contributed by atoms with Crippen molar-refractivity contribution in [1.29, 1.82) is 0 Å². The Morgan fingerprint density at radius 3 is 2.69 bits per heavy atom. The Bertz CT molecular complexity index is 1040. The number of hydrogen-bond donors (Lipinski definition) is 0. The first-order valence-electron chi connectivity index (χ1n) is 8.17. The van der Waals surface area contributed by atoms with Crippen molar-refractivity contribution in [3.63, 3.8) is 0 Å². The average Bonchev–Trinajstić information content (AvgIpc) is 3.16. The lowest BCUT2D eigenvalue weighted by Gasteiger charge is -2.11. The van der Waals surface area contributed by atoms with Crippen molar-refractivity contribution >= 4 is 11.6 Å². The predicted octanol–water partition coefficient (Wildman–Crippen LogP) is 5.69. The molecular weight excluding hydrogens is 346 g/mol. The van der Waals surface area contributed by atoms with Crippen molar-refractivity contribution in [3.8, 4) is 28.4 Å². The minimum atomic E-state index is 0.657. The third-order valence-electron chi connectivity index (χ3n) is 3.93. The summed E-state index contributed by atoms with van der Waals surface area (Å²) in [6.07, 6.45) is 7.13. The van der Waals surface area contributed by atoms with Gasteiger partial charge in [0, 0.05) is 35.2 Å². The second-order valence-electron chi connectivity index (χ2n) is 5.96. The molecule has 0 atom stereocenters. The van der Waals surface area contributed by atoms with Crippen molar-refractivity contribution in [2.45, 2.75) is 6.92 Å². The van der Waals surface area contributed by atoms with Gasteiger partial charge in [0.25, 0.3) is 0 Å². The molecule has 0 radical (unpaired) electrons. The molecule has 0 saturated carbocycles. The molecular formula is C21H16ClN3O. The molecule has 0 saturated heterocycles. The van der Waals surface area contributed by atoms with Crippen LogP contribution in [-0.4, -0.2) is 14.5 Å². The van der Waals surface area contributed by atoms with E-state index < -0.39 is 0 Å². The fourth-order valence-electron chi connectivity index (χ4n) is 2.77. The van der Waals surface area contributed by atoms with Crippen LogP contribution in [0, 0.1) is 6.92 Å². The van der Waals surface area contributed by atoms with Crippen LogP contribution < -0.4 is 4.74 Å². The number of hydrogen-bond acceptors (Lipinski definition) is 3. The highest BCUT2D eigenvalue weighted by Gasteiger charge is 2.06. The standard InChI is InChI=1S/C21H16ClN3O/c1-15-9-18(25-8-7-23-14-25)13-20(10-15)26-19-4-2-3-16(11-19)21-12-17(22)5-6-24-21/h2-14H,1H3. The van der Waals surface area contributed by atoms with Crippen LogP contribution in [0.15, 0.2) is 79.5 Å². The van der Waals surface area contributed by atoms with Gasteiger partial charge in [-0.3, -0.25) is 4.98 Å². The van der Waals surface area contributed by atoms with Gasteiger partial charge in [-0.2, -0.15) is 0 Å². The van der Waals surface area contributed by atoms with Gasteiger partial charge < -0.3 is 9.30 Å². The molecule has 4 aromatic rings. The molecule has 0 bridgehead atoms. The summed E-state index contributed by atoms with van der Waals surface area (Å²) in [5, 5.41) is 0.657. The first kappa shape index (κ1) is 16.4. The first-order chi connectivity index (χ1) is 12.7. The summed E-state index contributed by atoms with van der Waals surface area (Å²) in [6.45, 7) is 2.04. The first-order valence-corrected chi connectivity index (χ1v) is 8.55. The third kappa shape index (κ3) is 3.60. The summed E-state index contributed by atoms with van der Waals surface area (Å²) in [6, 6.07) is 17.5. The second-order valence-corrected chi connectivity index (χ2v) is 6.40. The number of aryl methyl sites for hydroxylation is 1. The Hall–Kier alpha value is -3.11. The molecule has 26 heavy (non-hydrogen) atoms. The van der Waals surface area contributed by atoms with Gasteiger partial charge in [0.1, 0.15) is 11.5 Å². The molecule has 0 aliphatic rings. The molecule has 0 N–H and O–H groups in total. The SMILES string of the molecule is Cc1cc(Oc2cccc(-c3cc(Cl)ccn3)c2)cc(-n2ccnc2)c1. The van der Waals surface area contributed by atoms with E-state index in [1.165, 1.54) is 0 Å². The van der Waals surface area contributed by atoms with Crippen molar-refractivity contribution < 1.29 is 4.74 Å². The van der Waals surface area contributed by atoms with Crippen LogP contribution in [0.5, 0.6) is 11.5 Å². The molecule has 0 aliphatic heterocycles. The Balaban J connectivity index is 1.65. The smallest absolute Gasteiger partial charge is 0.129 e. The molecule has 2 aromatic heterocycles. The van der Waals surface area contributed by atoms with Gasteiger partial charge in [0.15, 0.2) is 0 Å². The summed E-state index contributed by atoms with van der Waals surface area (Å²) in [7, 11) is 0. The zero-order valence-electron chi connectivity index (χ0n) is 14.1. The van der Waals surface area contributed by atoms with Crippen molar-refractivity contribution in [3.05, 3.63) is 90.1 Å². The van der Waals surface area contributed by atoms with E-state index in [0.717, 1.165) is 34.0 Å². The number of pyridine rings is 1. The molecule has 0 unspecified atom stereocenters. The van der Waals surface area contributed by atoms with Gasteiger partial charge in [-0.15, -0.1) is 0 Å². The summed E-state index contributed by atoms with van der Waals surface area (Å²) < 4.78 is 8.05. The molecule has 2 aromatic carbocycles. The maximum Gasteiger partial charge on any atom is 0.129 e. The highest BCUT2D eigenvalue weighted by molar-refractivity contribution is 6.30. The van der Waals surface area contributed by atoms with Crippen LogP contribution in [0.3, 0.4) is 0 Å². The molecule has 128 valence electrons. The van der Waals surface area contributed by atoms with E-state index in [1.807, 2.05) is 60.2 Å². The van der Waals surface area contributed by atoms with Gasteiger partial charge in [0.2, 0.25) is 0 Å². The lowest BCUT2D eigenvalue weighted by molar-refractivity contribution is 0.482. The number of halogens is 1. The summed E-state index contributed by atoms with van der Waals surface area (Å²) in [4.78, 5) is 8.47. The number of imidazole rings is 1. The third-order valence-corrected chi connectivity index (χ3v) is 4.16. The van der Waals surface area contributed by atoms with Gasteiger partial charge in [-0.05, 0) is 48.9 Å². The fraction of sp³-hybridized carbons (Fsp3) is 0.0476. The zero-order valence-corrected chi connectivity index (χ0v) is 14.9. The Morgan fingerprint density at radius 1 is 0.962 bits per heavy atom. The summed E-state index contributed by atoms with van der Waals surface area (Å²) >= 11 is 6.07. The summed E-state index contributed by atoms with van der Waals surface area (Å²) in [5.41, 5.74) is 3.88. The molecule has 0 amide bonds. The van der Waals surface area contributed by atoms with Gasteiger partial charge >= 0.3 is 0 Å². The van der Waals surface area contributed by atoms with Gasteiger partial charge in [-0.1, -0.05) is 23.7 Å². The minimum Gasteiger partial charge on any atom is -0.457 e. The van der Waals surface area contributed by atoms with E-state index in [4.69, 9.17) is 16.3 Å². The van der Waals surface area contributed by atoms with Crippen LogP contribution in [0.2, 0.25) is 5.02 Å².